The fraction of sp³-hybridized carbons (Fsp3) is 0.417. The van der Waals surface area contributed by atoms with Crippen molar-refractivity contribution in [1.29, 1.82) is 0 Å². The molecule has 1 amide bonds. The predicted octanol–water partition coefficient (Wildman–Crippen LogP) is 4.00. The number of benzene rings is 1. The molecule has 3 fully saturated rings. The summed E-state index contributed by atoms with van der Waals surface area (Å²) in [6.07, 6.45) is 4.95. The maximum atomic E-state index is 14.5. The number of likely N-dealkylation sites (N-methyl/N-ethyl adjacent to an activating group) is 1. The number of nitrogens with one attached hydrogen (secondary N) is 1. The van der Waals surface area contributed by atoms with Crippen LogP contribution in [0.5, 0.6) is 0 Å². The Morgan fingerprint density at radius 1 is 1.16 bits per heavy atom. The highest BCUT2D eigenvalue weighted by atomic mass is 19.1. The van der Waals surface area contributed by atoms with E-state index in [0.29, 0.717) is 29.8 Å². The van der Waals surface area contributed by atoms with Crippen LogP contribution in [0.1, 0.15) is 24.8 Å². The summed E-state index contributed by atoms with van der Waals surface area (Å²) in [5, 5.41) is 4.37. The van der Waals surface area contributed by atoms with Crippen molar-refractivity contribution >= 4 is 40.0 Å². The van der Waals surface area contributed by atoms with E-state index in [4.69, 9.17) is 4.98 Å². The zero-order chi connectivity index (χ0) is 22.0. The van der Waals surface area contributed by atoms with E-state index in [1.165, 1.54) is 0 Å². The average Bonchev–Trinajstić information content (AvgIpc) is 2.75. The van der Waals surface area contributed by atoms with Gasteiger partial charge >= 0.3 is 0 Å². The largest absolute Gasteiger partial charge is 0.342 e. The zero-order valence-corrected chi connectivity index (χ0v) is 18.1. The number of rotatable bonds is 3. The van der Waals surface area contributed by atoms with Gasteiger partial charge in [0.05, 0.1) is 18.3 Å². The molecule has 4 aliphatic rings. The van der Waals surface area contributed by atoms with Gasteiger partial charge in [-0.1, -0.05) is 6.07 Å². The van der Waals surface area contributed by atoms with Crippen LogP contribution in [0.4, 0.5) is 27.5 Å². The van der Waals surface area contributed by atoms with Gasteiger partial charge in [0.2, 0.25) is 11.9 Å². The van der Waals surface area contributed by atoms with E-state index in [9.17, 15) is 9.18 Å². The van der Waals surface area contributed by atoms with Crippen molar-refractivity contribution in [2.24, 2.45) is 11.8 Å². The fourth-order valence-electron chi connectivity index (χ4n) is 5.41. The third-order valence-electron chi connectivity index (χ3n) is 7.39. The van der Waals surface area contributed by atoms with E-state index >= 15 is 0 Å². The molecule has 3 heterocycles. The molecular weight excluding hydrogens is 407 g/mol. The lowest BCUT2D eigenvalue weighted by atomic mass is 9.61. The summed E-state index contributed by atoms with van der Waals surface area (Å²) in [7, 11) is 1.74. The van der Waals surface area contributed by atoms with E-state index in [-0.39, 0.29) is 24.4 Å². The van der Waals surface area contributed by atoms with Crippen molar-refractivity contribution in [2.75, 3.05) is 28.7 Å². The zero-order valence-electron chi connectivity index (χ0n) is 18.1. The standard InChI is InChI=1S/C24H25FN6O/c1-13-6-19-14(4-3-5-26-19)9-18(13)28-24-27-11-21-23(29-24)31(12-22(32)30(21)2)20-10-17(25)15-7-16(20)8-15/h3-6,9,11,15-17,20H,7-8,10,12H2,1-2H3,(H,27,28,29)/t15?,16?,17?,20-/m1/s1. The van der Waals surface area contributed by atoms with Crippen LogP contribution in [0, 0.1) is 18.8 Å². The second kappa shape index (κ2) is 7.12. The quantitative estimate of drug-likeness (QED) is 0.675. The van der Waals surface area contributed by atoms with Crippen LogP contribution in [0.3, 0.4) is 0 Å². The minimum absolute atomic E-state index is 0.00243. The third kappa shape index (κ3) is 3.00. The molecule has 7 nitrogen and oxygen atoms in total. The van der Waals surface area contributed by atoms with Gasteiger partial charge in [-0.05, 0) is 61.8 Å². The minimum Gasteiger partial charge on any atom is -0.342 e. The van der Waals surface area contributed by atoms with Crippen molar-refractivity contribution in [1.82, 2.24) is 15.0 Å². The van der Waals surface area contributed by atoms with Crippen molar-refractivity contribution < 1.29 is 9.18 Å². The lowest BCUT2D eigenvalue weighted by Gasteiger charge is -2.53. The third-order valence-corrected chi connectivity index (χ3v) is 7.39. The number of halogens is 1. The number of alkyl halides is 1. The maximum Gasteiger partial charge on any atom is 0.246 e. The molecule has 3 aromatic rings. The monoisotopic (exact) mass is 432 g/mol. The molecule has 0 saturated heterocycles. The molecule has 2 bridgehead atoms. The summed E-state index contributed by atoms with van der Waals surface area (Å²) in [6.45, 7) is 2.24. The fourth-order valence-corrected chi connectivity index (χ4v) is 5.41. The highest BCUT2D eigenvalue weighted by Crippen LogP contribution is 2.50. The van der Waals surface area contributed by atoms with Gasteiger partial charge in [0.1, 0.15) is 11.9 Å². The van der Waals surface area contributed by atoms with Gasteiger partial charge in [0.15, 0.2) is 5.82 Å². The molecule has 1 aliphatic heterocycles. The van der Waals surface area contributed by atoms with Gasteiger partial charge in [-0.3, -0.25) is 9.78 Å². The molecule has 32 heavy (non-hydrogen) atoms. The summed E-state index contributed by atoms with van der Waals surface area (Å²) in [5.41, 5.74) is 3.54. The summed E-state index contributed by atoms with van der Waals surface area (Å²) in [6, 6.07) is 8.01. The SMILES string of the molecule is Cc1cc2ncccc2cc1Nc1ncc2c(n1)N([C@@H]1CC(F)C3CC1C3)CC(=O)N2C. The van der Waals surface area contributed by atoms with Gasteiger partial charge in [-0.2, -0.15) is 4.98 Å². The van der Waals surface area contributed by atoms with Gasteiger partial charge in [-0.25, -0.2) is 9.37 Å². The topological polar surface area (TPSA) is 74.2 Å². The van der Waals surface area contributed by atoms with E-state index in [2.05, 4.69) is 15.3 Å². The number of nitrogens with zero attached hydrogens (tertiary/aromatic N) is 5. The Kier molecular flexibility index (Phi) is 4.31. The van der Waals surface area contributed by atoms with Gasteiger partial charge in [0.25, 0.3) is 0 Å². The number of carbonyl (C=O) groups excluding carboxylic acids is 1. The molecule has 1 aromatic carbocycles. The second-order valence-electron chi connectivity index (χ2n) is 9.28. The Bertz CT molecular complexity index is 1230. The summed E-state index contributed by atoms with van der Waals surface area (Å²) < 4.78 is 14.5. The first kappa shape index (κ1) is 19.4. The number of fused-ring (bicyclic) bond motifs is 4. The second-order valence-corrected chi connectivity index (χ2v) is 9.28. The van der Waals surface area contributed by atoms with E-state index in [1.54, 1.807) is 24.3 Å². The molecular formula is C24H25FN6O. The Morgan fingerprint density at radius 2 is 2.00 bits per heavy atom. The number of pyridine rings is 1. The van der Waals surface area contributed by atoms with Crippen molar-refractivity contribution in [3.8, 4) is 0 Å². The maximum absolute atomic E-state index is 14.5. The van der Waals surface area contributed by atoms with Crippen molar-refractivity contribution in [3.63, 3.8) is 0 Å². The van der Waals surface area contributed by atoms with Crippen LogP contribution in [0.15, 0.2) is 36.7 Å². The molecule has 0 radical (unpaired) electrons. The summed E-state index contributed by atoms with van der Waals surface area (Å²) in [5.74, 6) is 1.77. The van der Waals surface area contributed by atoms with Gasteiger partial charge in [0, 0.05) is 30.4 Å². The van der Waals surface area contributed by atoms with Gasteiger partial charge < -0.3 is 15.1 Å². The smallest absolute Gasteiger partial charge is 0.246 e. The Labute approximate surface area is 185 Å². The molecule has 1 unspecified atom stereocenters. The predicted molar refractivity (Wildman–Crippen MR) is 122 cm³/mol. The Morgan fingerprint density at radius 3 is 2.81 bits per heavy atom. The van der Waals surface area contributed by atoms with E-state index < -0.39 is 6.17 Å². The molecule has 3 aliphatic carbocycles. The summed E-state index contributed by atoms with van der Waals surface area (Å²) in [4.78, 5) is 30.0. The number of aryl methyl sites for hydroxylation is 1. The molecule has 164 valence electrons. The molecule has 2 aromatic heterocycles. The molecule has 0 spiro atoms. The lowest BCUT2D eigenvalue weighted by molar-refractivity contribution is -0.117. The number of hydrogen-bond acceptors (Lipinski definition) is 6. The highest BCUT2D eigenvalue weighted by Gasteiger charge is 2.50. The number of aromatic nitrogens is 3. The first-order chi connectivity index (χ1) is 15.5. The average molecular weight is 433 g/mol. The van der Waals surface area contributed by atoms with Crippen molar-refractivity contribution in [2.45, 2.75) is 38.4 Å². The first-order valence-electron chi connectivity index (χ1n) is 11.1. The Hall–Kier alpha value is -3.29. The highest BCUT2D eigenvalue weighted by molar-refractivity contribution is 6.02. The van der Waals surface area contributed by atoms with Crippen LogP contribution in [0.25, 0.3) is 10.9 Å². The molecule has 3 saturated carbocycles. The number of carbonyl (C=O) groups is 1. The van der Waals surface area contributed by atoms with E-state index in [0.717, 1.165) is 35.0 Å². The van der Waals surface area contributed by atoms with Crippen LogP contribution in [0.2, 0.25) is 0 Å². The van der Waals surface area contributed by atoms with Crippen LogP contribution in [-0.4, -0.2) is 46.7 Å². The van der Waals surface area contributed by atoms with Crippen LogP contribution in [-0.2, 0) is 4.79 Å². The number of anilines is 4. The minimum atomic E-state index is -0.795. The summed E-state index contributed by atoms with van der Waals surface area (Å²) >= 11 is 0. The van der Waals surface area contributed by atoms with Crippen LogP contribution < -0.4 is 15.1 Å². The Balaban J connectivity index is 1.37. The molecule has 1 N–H and O–H groups in total. The lowest BCUT2D eigenvalue weighted by Crippen LogP contribution is -2.58. The number of amides is 1. The normalized spacial score (nSPS) is 26.7. The van der Waals surface area contributed by atoms with Gasteiger partial charge in [-0.15, -0.1) is 0 Å². The molecule has 2 atom stereocenters. The van der Waals surface area contributed by atoms with E-state index in [1.807, 2.05) is 36.1 Å². The molecule has 8 heteroatoms. The number of hydrogen-bond donors (Lipinski definition) is 1. The van der Waals surface area contributed by atoms with Crippen molar-refractivity contribution in [3.05, 3.63) is 42.2 Å². The molecule has 7 rings (SSSR count). The van der Waals surface area contributed by atoms with Crippen LogP contribution >= 0.6 is 0 Å². The first-order valence-corrected chi connectivity index (χ1v) is 11.1.